The highest BCUT2D eigenvalue weighted by atomic mass is 16.3. The molecule has 13 heavy (non-hydrogen) atoms. The van der Waals surface area contributed by atoms with Crippen LogP contribution in [0, 0.1) is 5.92 Å². The maximum atomic E-state index is 10.9. The van der Waals surface area contributed by atoms with Crippen LogP contribution in [0.4, 0.5) is 0 Å². The van der Waals surface area contributed by atoms with Crippen molar-refractivity contribution in [2.75, 3.05) is 6.54 Å². The van der Waals surface area contributed by atoms with Crippen molar-refractivity contribution in [1.29, 1.82) is 0 Å². The van der Waals surface area contributed by atoms with Gasteiger partial charge in [-0.05, 0) is 18.9 Å². The van der Waals surface area contributed by atoms with Gasteiger partial charge in [-0.25, -0.2) is 0 Å². The normalized spacial score (nSPS) is 13.3. The third kappa shape index (κ3) is 7.94. The van der Waals surface area contributed by atoms with E-state index in [1.54, 1.807) is 0 Å². The molecule has 0 aromatic carbocycles. The Bertz CT molecular complexity index is 146. The molecule has 0 aromatic heterocycles. The molecule has 1 unspecified atom stereocenters. The van der Waals surface area contributed by atoms with E-state index < -0.39 is 6.23 Å². The quantitative estimate of drug-likeness (QED) is 0.591. The fourth-order valence-corrected chi connectivity index (χ4v) is 0.948. The molecule has 0 aliphatic carbocycles. The zero-order chi connectivity index (χ0) is 10.3. The second kappa shape index (κ2) is 7.04. The Balaban J connectivity index is 3.40. The van der Waals surface area contributed by atoms with Crippen LogP contribution in [0.25, 0.3) is 0 Å². The van der Waals surface area contributed by atoms with Crippen molar-refractivity contribution in [3.05, 3.63) is 0 Å². The van der Waals surface area contributed by atoms with Crippen molar-refractivity contribution in [2.45, 2.75) is 46.3 Å². The van der Waals surface area contributed by atoms with Crippen molar-refractivity contribution in [3.8, 4) is 0 Å². The summed E-state index contributed by atoms with van der Waals surface area (Å²) in [5.74, 6) is 0.738. The van der Waals surface area contributed by atoms with Crippen LogP contribution in [0.5, 0.6) is 0 Å². The van der Waals surface area contributed by atoms with E-state index in [-0.39, 0.29) is 5.78 Å². The van der Waals surface area contributed by atoms with E-state index in [4.69, 9.17) is 0 Å². The molecule has 3 nitrogen and oxygen atoms in total. The van der Waals surface area contributed by atoms with Crippen LogP contribution < -0.4 is 5.32 Å². The van der Waals surface area contributed by atoms with Crippen LogP contribution in [0.2, 0.25) is 0 Å². The highest BCUT2D eigenvalue weighted by Gasteiger charge is 2.06. The number of rotatable bonds is 7. The lowest BCUT2D eigenvalue weighted by atomic mass is 10.1. The summed E-state index contributed by atoms with van der Waals surface area (Å²) in [7, 11) is 0. The van der Waals surface area contributed by atoms with E-state index in [0.29, 0.717) is 25.2 Å². The molecule has 0 spiro atoms. The van der Waals surface area contributed by atoms with Gasteiger partial charge >= 0.3 is 0 Å². The minimum absolute atomic E-state index is 0.213. The van der Waals surface area contributed by atoms with E-state index in [1.165, 1.54) is 0 Å². The van der Waals surface area contributed by atoms with Crippen LogP contribution in [0.3, 0.4) is 0 Å². The predicted octanol–water partition coefficient (Wildman–Crippen LogP) is 1.31. The van der Waals surface area contributed by atoms with Crippen molar-refractivity contribution in [3.63, 3.8) is 0 Å². The molecule has 0 saturated carbocycles. The second-order valence-electron chi connectivity index (χ2n) is 3.75. The molecule has 0 amide bonds. The Morgan fingerprint density at radius 1 is 1.46 bits per heavy atom. The van der Waals surface area contributed by atoms with Gasteiger partial charge in [0.05, 0.1) is 0 Å². The first-order chi connectivity index (χ1) is 6.06. The van der Waals surface area contributed by atoms with Gasteiger partial charge in [-0.2, -0.15) is 0 Å². The van der Waals surface area contributed by atoms with Gasteiger partial charge < -0.3 is 5.11 Å². The van der Waals surface area contributed by atoms with Crippen LogP contribution in [0.1, 0.15) is 40.0 Å². The Morgan fingerprint density at radius 2 is 2.08 bits per heavy atom. The smallest absolute Gasteiger partial charge is 0.132 e. The van der Waals surface area contributed by atoms with Gasteiger partial charge in [0.1, 0.15) is 12.0 Å². The lowest BCUT2D eigenvalue weighted by molar-refractivity contribution is -0.119. The lowest BCUT2D eigenvalue weighted by Gasteiger charge is -2.13. The Kier molecular flexibility index (Phi) is 6.82. The van der Waals surface area contributed by atoms with E-state index in [9.17, 15) is 9.90 Å². The zero-order valence-electron chi connectivity index (χ0n) is 8.84. The summed E-state index contributed by atoms with van der Waals surface area (Å²) in [5, 5.41) is 12.3. The van der Waals surface area contributed by atoms with Crippen LogP contribution in [-0.4, -0.2) is 23.7 Å². The minimum Gasteiger partial charge on any atom is -0.379 e. The number of nitrogens with one attached hydrogen (secondary N) is 1. The number of ketones is 1. The molecular formula is C10H21NO2. The molecule has 0 aliphatic rings. The maximum Gasteiger partial charge on any atom is 0.132 e. The van der Waals surface area contributed by atoms with Crippen LogP contribution in [0.15, 0.2) is 0 Å². The third-order valence-corrected chi connectivity index (χ3v) is 1.85. The monoisotopic (exact) mass is 187 g/mol. The molecule has 2 N–H and O–H groups in total. The van der Waals surface area contributed by atoms with Crippen molar-refractivity contribution in [1.82, 2.24) is 5.32 Å². The van der Waals surface area contributed by atoms with Crippen molar-refractivity contribution >= 4 is 5.78 Å². The summed E-state index contributed by atoms with van der Waals surface area (Å²) in [6.07, 6.45) is 1.04. The van der Waals surface area contributed by atoms with Gasteiger partial charge in [-0.15, -0.1) is 0 Å². The predicted molar refractivity (Wildman–Crippen MR) is 53.4 cm³/mol. The molecule has 0 bridgehead atoms. The lowest BCUT2D eigenvalue weighted by Crippen LogP contribution is -2.32. The Labute approximate surface area is 80.5 Å². The molecule has 0 aliphatic heterocycles. The van der Waals surface area contributed by atoms with Gasteiger partial charge in [0, 0.05) is 12.8 Å². The molecular weight excluding hydrogens is 166 g/mol. The van der Waals surface area contributed by atoms with E-state index in [1.807, 2.05) is 6.92 Å². The average Bonchev–Trinajstić information content (AvgIpc) is 2.10. The molecule has 1 atom stereocenters. The first-order valence-corrected chi connectivity index (χ1v) is 4.99. The largest absolute Gasteiger partial charge is 0.379 e. The number of aliphatic hydroxyl groups excluding tert-OH is 1. The summed E-state index contributed by atoms with van der Waals surface area (Å²) in [4.78, 5) is 10.9. The SMILES string of the molecule is CCC(=O)CCC(O)NCC(C)C. The van der Waals surface area contributed by atoms with E-state index in [0.717, 1.165) is 6.54 Å². The molecule has 0 fully saturated rings. The summed E-state index contributed by atoms with van der Waals surface area (Å²) in [6.45, 7) is 6.80. The third-order valence-electron chi connectivity index (χ3n) is 1.85. The molecule has 0 radical (unpaired) electrons. The first-order valence-electron chi connectivity index (χ1n) is 4.99. The Hall–Kier alpha value is -0.410. The fourth-order valence-electron chi connectivity index (χ4n) is 0.948. The number of hydrogen-bond acceptors (Lipinski definition) is 3. The Morgan fingerprint density at radius 3 is 2.54 bits per heavy atom. The summed E-state index contributed by atoms with van der Waals surface area (Å²) < 4.78 is 0. The number of hydrogen-bond donors (Lipinski definition) is 2. The molecule has 0 aromatic rings. The van der Waals surface area contributed by atoms with Crippen LogP contribution >= 0.6 is 0 Å². The van der Waals surface area contributed by atoms with Crippen molar-refractivity contribution in [2.24, 2.45) is 5.92 Å². The topological polar surface area (TPSA) is 49.3 Å². The van der Waals surface area contributed by atoms with Crippen LogP contribution in [-0.2, 0) is 4.79 Å². The van der Waals surface area contributed by atoms with Gasteiger partial charge in [-0.3, -0.25) is 10.1 Å². The molecule has 0 rings (SSSR count). The highest BCUT2D eigenvalue weighted by Crippen LogP contribution is 1.98. The summed E-state index contributed by atoms with van der Waals surface area (Å²) in [6, 6.07) is 0. The van der Waals surface area contributed by atoms with E-state index in [2.05, 4.69) is 19.2 Å². The van der Waals surface area contributed by atoms with Crippen molar-refractivity contribution < 1.29 is 9.90 Å². The van der Waals surface area contributed by atoms with Gasteiger partial charge in [0.2, 0.25) is 0 Å². The molecule has 3 heteroatoms. The summed E-state index contributed by atoms with van der Waals surface area (Å²) in [5.41, 5.74) is 0. The minimum atomic E-state index is -0.530. The average molecular weight is 187 g/mol. The van der Waals surface area contributed by atoms with Gasteiger partial charge in [-0.1, -0.05) is 20.8 Å². The number of Topliss-reactive ketones (excluding diaryl/α,β-unsaturated/α-hetero) is 1. The molecule has 78 valence electrons. The highest BCUT2D eigenvalue weighted by molar-refractivity contribution is 5.77. The molecule has 0 heterocycles. The fraction of sp³-hybridized carbons (Fsp3) is 0.900. The first kappa shape index (κ1) is 12.6. The molecule has 0 saturated heterocycles. The van der Waals surface area contributed by atoms with Gasteiger partial charge in [0.15, 0.2) is 0 Å². The second-order valence-corrected chi connectivity index (χ2v) is 3.75. The standard InChI is InChI=1S/C10H21NO2/c1-4-9(12)5-6-10(13)11-7-8(2)3/h8,10-11,13H,4-7H2,1-3H3. The van der Waals surface area contributed by atoms with E-state index >= 15 is 0 Å². The number of carbonyl (C=O) groups is 1. The maximum absolute atomic E-state index is 10.9. The number of aliphatic hydroxyl groups is 1. The van der Waals surface area contributed by atoms with Gasteiger partial charge in [0.25, 0.3) is 0 Å². The number of carbonyl (C=O) groups excluding carboxylic acids is 1. The zero-order valence-corrected chi connectivity index (χ0v) is 8.84. The summed E-state index contributed by atoms with van der Waals surface area (Å²) >= 11 is 0.